The topological polar surface area (TPSA) is 76.9 Å². The molecule has 0 aliphatic carbocycles. The van der Waals surface area contributed by atoms with Crippen LogP contribution >= 0.6 is 23.1 Å². The molecular formula is C22H20F2N4O2S2. The third-order valence-electron chi connectivity index (χ3n) is 4.78. The molecule has 0 aliphatic heterocycles. The molecule has 0 atom stereocenters. The molecule has 6 nitrogen and oxygen atoms in total. The van der Waals surface area contributed by atoms with Crippen molar-refractivity contribution >= 4 is 55.1 Å². The van der Waals surface area contributed by atoms with E-state index in [1.54, 1.807) is 16.8 Å². The van der Waals surface area contributed by atoms with E-state index in [2.05, 4.69) is 24.1 Å². The molecule has 1 N–H and O–H groups in total. The third kappa shape index (κ3) is 4.66. The van der Waals surface area contributed by atoms with Crippen molar-refractivity contribution in [3.8, 4) is 0 Å². The van der Waals surface area contributed by atoms with Crippen molar-refractivity contribution in [2.75, 3.05) is 11.1 Å². The normalized spacial score (nSPS) is 11.5. The first-order valence-corrected chi connectivity index (χ1v) is 11.8. The van der Waals surface area contributed by atoms with E-state index in [1.165, 1.54) is 11.3 Å². The fraction of sp³-hybridized carbons (Fsp3) is 0.273. The van der Waals surface area contributed by atoms with Crippen molar-refractivity contribution in [2.45, 2.75) is 32.0 Å². The molecule has 0 bridgehead atoms. The summed E-state index contributed by atoms with van der Waals surface area (Å²) < 4.78 is 29.3. The Labute approximate surface area is 190 Å². The number of hydrogen-bond acceptors (Lipinski definition) is 6. The van der Waals surface area contributed by atoms with E-state index < -0.39 is 17.5 Å². The molecule has 0 saturated heterocycles. The van der Waals surface area contributed by atoms with Gasteiger partial charge in [-0.2, -0.15) is 0 Å². The van der Waals surface area contributed by atoms with Crippen LogP contribution in [0.1, 0.15) is 20.3 Å². The van der Waals surface area contributed by atoms with Crippen molar-refractivity contribution in [1.29, 1.82) is 0 Å². The second kappa shape index (κ2) is 9.33. The molecule has 0 spiro atoms. The summed E-state index contributed by atoms with van der Waals surface area (Å²) in [6, 6.07) is 6.50. The summed E-state index contributed by atoms with van der Waals surface area (Å²) in [7, 11) is 0. The van der Waals surface area contributed by atoms with Gasteiger partial charge in [0.25, 0.3) is 5.56 Å². The average molecular weight is 475 g/mol. The summed E-state index contributed by atoms with van der Waals surface area (Å²) in [6.07, 6.45) is 2.44. The number of nitrogens with zero attached hydrogens (tertiary/aromatic N) is 3. The minimum Gasteiger partial charge on any atom is -0.323 e. The van der Waals surface area contributed by atoms with Gasteiger partial charge in [0.15, 0.2) is 5.16 Å². The number of carbonyl (C=O) groups excluding carboxylic acids is 1. The van der Waals surface area contributed by atoms with Gasteiger partial charge in [-0.15, -0.1) is 11.3 Å². The van der Waals surface area contributed by atoms with E-state index in [4.69, 9.17) is 4.98 Å². The molecule has 0 fully saturated rings. The highest BCUT2D eigenvalue weighted by Gasteiger charge is 2.18. The number of hydrogen-bond donors (Lipinski definition) is 1. The highest BCUT2D eigenvalue weighted by molar-refractivity contribution is 7.99. The van der Waals surface area contributed by atoms with Crippen LogP contribution < -0.4 is 10.9 Å². The zero-order chi connectivity index (χ0) is 22.8. The lowest BCUT2D eigenvalue weighted by Gasteiger charge is -2.13. The molecule has 0 radical (unpaired) electrons. The summed E-state index contributed by atoms with van der Waals surface area (Å²) >= 11 is 2.39. The standard InChI is InChI=1S/C22H20F2N4O2S2/c1-12(2)7-9-28-21(30)19-18(14-4-3-8-25-20(14)32-19)27-22(28)31-11-17(29)26-16-10-13(23)5-6-15(16)24/h3-6,8,10,12H,7,9,11H2,1-2H3,(H,26,29). The van der Waals surface area contributed by atoms with Crippen LogP contribution in [-0.2, 0) is 11.3 Å². The van der Waals surface area contributed by atoms with Gasteiger partial charge in [0.05, 0.1) is 17.0 Å². The third-order valence-corrected chi connectivity index (χ3v) is 6.85. The second-order valence-electron chi connectivity index (χ2n) is 7.63. The lowest BCUT2D eigenvalue weighted by molar-refractivity contribution is -0.113. The van der Waals surface area contributed by atoms with Gasteiger partial charge >= 0.3 is 0 Å². The van der Waals surface area contributed by atoms with Crippen LogP contribution in [0.5, 0.6) is 0 Å². The summed E-state index contributed by atoms with van der Waals surface area (Å²) in [5.74, 6) is -1.65. The van der Waals surface area contributed by atoms with Gasteiger partial charge in [-0.25, -0.2) is 18.7 Å². The summed E-state index contributed by atoms with van der Waals surface area (Å²) in [6.45, 7) is 4.59. The fourth-order valence-corrected chi connectivity index (χ4v) is 5.00. The van der Waals surface area contributed by atoms with Crippen LogP contribution in [-0.4, -0.2) is 26.2 Å². The number of nitrogens with one attached hydrogen (secondary N) is 1. The van der Waals surface area contributed by atoms with Crippen molar-refractivity contribution in [2.24, 2.45) is 5.92 Å². The van der Waals surface area contributed by atoms with Gasteiger partial charge in [-0.1, -0.05) is 25.6 Å². The van der Waals surface area contributed by atoms with Gasteiger partial charge < -0.3 is 5.32 Å². The van der Waals surface area contributed by atoms with Crippen molar-refractivity contribution in [3.63, 3.8) is 0 Å². The molecule has 3 heterocycles. The minimum atomic E-state index is -0.727. The Hall–Kier alpha value is -2.85. The molecule has 166 valence electrons. The first-order valence-electron chi connectivity index (χ1n) is 9.99. The second-order valence-corrected chi connectivity index (χ2v) is 9.57. The lowest BCUT2D eigenvalue weighted by Crippen LogP contribution is -2.24. The molecule has 4 rings (SSSR count). The smallest absolute Gasteiger partial charge is 0.272 e. The van der Waals surface area contributed by atoms with E-state index in [0.717, 1.165) is 46.6 Å². The van der Waals surface area contributed by atoms with Crippen LogP contribution in [0.3, 0.4) is 0 Å². The summed E-state index contributed by atoms with van der Waals surface area (Å²) in [4.78, 5) is 35.4. The molecule has 0 aliphatic rings. The molecule has 32 heavy (non-hydrogen) atoms. The number of benzene rings is 1. The van der Waals surface area contributed by atoms with E-state index >= 15 is 0 Å². The molecule has 0 saturated carbocycles. The number of aromatic nitrogens is 3. The minimum absolute atomic E-state index is 0.115. The van der Waals surface area contributed by atoms with E-state index in [0.29, 0.717) is 27.8 Å². The van der Waals surface area contributed by atoms with Crippen molar-refractivity contribution in [3.05, 3.63) is 58.5 Å². The van der Waals surface area contributed by atoms with E-state index in [-0.39, 0.29) is 17.0 Å². The molecule has 10 heteroatoms. The van der Waals surface area contributed by atoms with Crippen LogP contribution in [0.25, 0.3) is 20.4 Å². The Morgan fingerprint density at radius 2 is 2.09 bits per heavy atom. The maximum absolute atomic E-state index is 13.8. The Kier molecular flexibility index (Phi) is 6.52. The number of thiophene rings is 1. The largest absolute Gasteiger partial charge is 0.323 e. The van der Waals surface area contributed by atoms with Crippen LogP contribution in [0, 0.1) is 17.6 Å². The predicted octanol–water partition coefficient (Wildman–Crippen LogP) is 5.06. The fourth-order valence-electron chi connectivity index (χ4n) is 3.15. The van der Waals surface area contributed by atoms with Crippen LogP contribution in [0.15, 0.2) is 46.5 Å². The maximum Gasteiger partial charge on any atom is 0.272 e. The van der Waals surface area contributed by atoms with Crippen LogP contribution in [0.2, 0.25) is 0 Å². The summed E-state index contributed by atoms with van der Waals surface area (Å²) in [5.41, 5.74) is 0.159. The molecule has 1 aromatic carbocycles. The van der Waals surface area contributed by atoms with Gasteiger partial charge in [-0.05, 0) is 36.6 Å². The zero-order valence-electron chi connectivity index (χ0n) is 17.4. The number of carbonyl (C=O) groups is 1. The van der Waals surface area contributed by atoms with Gasteiger partial charge in [-0.3, -0.25) is 14.2 Å². The highest BCUT2D eigenvalue weighted by Crippen LogP contribution is 2.30. The number of fused-ring (bicyclic) bond motifs is 3. The van der Waals surface area contributed by atoms with Crippen LogP contribution in [0.4, 0.5) is 14.5 Å². The predicted molar refractivity (Wildman–Crippen MR) is 124 cm³/mol. The number of pyridine rings is 1. The average Bonchev–Trinajstić information content (AvgIpc) is 3.13. The number of rotatable bonds is 7. The molecule has 3 aromatic heterocycles. The molecule has 1 amide bonds. The molecule has 0 unspecified atom stereocenters. The number of anilines is 1. The Balaban J connectivity index is 1.65. The lowest BCUT2D eigenvalue weighted by atomic mass is 10.1. The Morgan fingerprint density at radius 3 is 2.88 bits per heavy atom. The Morgan fingerprint density at radius 1 is 1.28 bits per heavy atom. The van der Waals surface area contributed by atoms with E-state index in [1.807, 2.05) is 6.07 Å². The molecule has 4 aromatic rings. The Bertz CT molecular complexity index is 1370. The molecular weight excluding hydrogens is 454 g/mol. The first-order chi connectivity index (χ1) is 15.3. The monoisotopic (exact) mass is 474 g/mol. The summed E-state index contributed by atoms with van der Waals surface area (Å²) in [5, 5.41) is 3.56. The van der Waals surface area contributed by atoms with Gasteiger partial charge in [0.2, 0.25) is 5.91 Å². The van der Waals surface area contributed by atoms with Gasteiger partial charge in [0.1, 0.15) is 21.2 Å². The van der Waals surface area contributed by atoms with Gasteiger partial charge in [0, 0.05) is 24.2 Å². The highest BCUT2D eigenvalue weighted by atomic mass is 32.2. The quantitative estimate of drug-likeness (QED) is 0.299. The number of halogens is 2. The first kappa shape index (κ1) is 22.3. The van der Waals surface area contributed by atoms with E-state index in [9.17, 15) is 18.4 Å². The number of amides is 1. The SMILES string of the molecule is CC(C)CCn1c(SCC(=O)Nc2cc(F)ccc2F)nc2c(sc3ncccc32)c1=O. The van der Waals surface area contributed by atoms with Crippen molar-refractivity contribution < 1.29 is 13.6 Å². The van der Waals surface area contributed by atoms with Crippen molar-refractivity contribution in [1.82, 2.24) is 14.5 Å². The maximum atomic E-state index is 13.8. The zero-order valence-corrected chi connectivity index (χ0v) is 19.0. The number of thioether (sulfide) groups is 1.